The van der Waals surface area contributed by atoms with Crippen LogP contribution in [0.5, 0.6) is 5.75 Å². The number of rotatable bonds is 12. The van der Waals surface area contributed by atoms with Gasteiger partial charge in [-0.25, -0.2) is 23.9 Å². The summed E-state index contributed by atoms with van der Waals surface area (Å²) in [6, 6.07) is 7.01. The number of hydrogen-bond acceptors (Lipinski definition) is 11. The second-order valence-electron chi connectivity index (χ2n) is 9.69. The van der Waals surface area contributed by atoms with E-state index in [0.29, 0.717) is 17.2 Å². The van der Waals surface area contributed by atoms with Gasteiger partial charge >= 0.3 is 13.7 Å². The number of halogens is 2. The van der Waals surface area contributed by atoms with Gasteiger partial charge in [0.05, 0.1) is 25.4 Å². The van der Waals surface area contributed by atoms with Crippen molar-refractivity contribution < 1.29 is 37.4 Å². The molecule has 1 unspecified atom stereocenters. The second kappa shape index (κ2) is 12.6. The lowest BCUT2D eigenvalue weighted by Gasteiger charge is -2.31. The zero-order chi connectivity index (χ0) is 29.9. The van der Waals surface area contributed by atoms with E-state index in [0.717, 1.165) is 0 Å². The minimum Gasteiger partial charge on any atom is -0.465 e. The normalized spacial score (nSPS) is 24.6. The van der Waals surface area contributed by atoms with Crippen molar-refractivity contribution in [2.45, 2.75) is 50.9 Å². The van der Waals surface area contributed by atoms with Crippen molar-refractivity contribution >= 4 is 42.3 Å². The van der Waals surface area contributed by atoms with Gasteiger partial charge in [-0.2, -0.15) is 5.09 Å². The van der Waals surface area contributed by atoms with Gasteiger partial charge in [-0.05, 0) is 32.9 Å². The van der Waals surface area contributed by atoms with E-state index in [4.69, 9.17) is 30.1 Å². The summed E-state index contributed by atoms with van der Waals surface area (Å²) in [5.41, 5.74) is -1.17. The number of carbonyl (C=O) groups is 1. The van der Waals surface area contributed by atoms with Crippen LogP contribution in [-0.2, 0) is 23.4 Å². The zero-order valence-electron chi connectivity index (χ0n) is 23.2. The molecule has 0 spiro atoms. The summed E-state index contributed by atoms with van der Waals surface area (Å²) < 4.78 is 53.2. The number of aryl methyl sites for hydroxylation is 1. The Kier molecular flexibility index (Phi) is 9.52. The highest BCUT2D eigenvalue weighted by molar-refractivity contribution is 7.52. The molecule has 224 valence electrons. The van der Waals surface area contributed by atoms with Crippen molar-refractivity contribution in [3.05, 3.63) is 42.5 Å². The number of aliphatic hydroxyl groups excluding tert-OH is 1. The number of imidazole rings is 1. The number of anilines is 1. The molecule has 1 aliphatic rings. The Bertz CT molecular complexity index is 1420. The van der Waals surface area contributed by atoms with Crippen molar-refractivity contribution in [3.8, 4) is 5.75 Å². The van der Waals surface area contributed by atoms with Crippen LogP contribution in [0.15, 0.2) is 36.7 Å². The van der Waals surface area contributed by atoms with Crippen LogP contribution in [0.4, 0.5) is 10.2 Å². The number of para-hydroxylation sites is 1. The van der Waals surface area contributed by atoms with Gasteiger partial charge in [0, 0.05) is 14.1 Å². The van der Waals surface area contributed by atoms with Crippen LogP contribution in [0, 0.1) is 6.92 Å². The fraction of sp³-hybridized carbons (Fsp3) is 0.520. The van der Waals surface area contributed by atoms with Crippen LogP contribution in [0.25, 0.3) is 11.2 Å². The Hall–Kier alpha value is -2.87. The first-order chi connectivity index (χ1) is 19.4. The first-order valence-electron chi connectivity index (χ1n) is 12.8. The topological polar surface area (TPSA) is 150 Å². The minimum absolute atomic E-state index is 0.105. The highest BCUT2D eigenvalue weighted by Gasteiger charge is 2.57. The van der Waals surface area contributed by atoms with Gasteiger partial charge in [-0.1, -0.05) is 18.2 Å². The van der Waals surface area contributed by atoms with Crippen LogP contribution >= 0.6 is 19.3 Å². The lowest BCUT2D eigenvalue weighted by atomic mass is 9.99. The molecule has 0 aliphatic carbocycles. The van der Waals surface area contributed by atoms with E-state index in [1.165, 1.54) is 30.0 Å². The summed E-state index contributed by atoms with van der Waals surface area (Å²) in [5, 5.41) is 13.5. The van der Waals surface area contributed by atoms with Crippen LogP contribution in [0.3, 0.4) is 0 Å². The number of aliphatic hydroxyl groups is 1. The molecule has 2 N–H and O–H groups in total. The minimum atomic E-state index is -4.34. The molecule has 13 nitrogen and oxygen atoms in total. The molecule has 1 aliphatic heterocycles. The van der Waals surface area contributed by atoms with E-state index < -0.39 is 56.3 Å². The van der Waals surface area contributed by atoms with Gasteiger partial charge in [0.2, 0.25) is 0 Å². The summed E-state index contributed by atoms with van der Waals surface area (Å²) in [6.45, 7) is 4.18. The number of ether oxygens (including phenoxy) is 2. The number of carbonyl (C=O) groups excluding carboxylic acids is 1. The number of aromatic nitrogens is 4. The van der Waals surface area contributed by atoms with Gasteiger partial charge in [-0.15, -0.1) is 11.6 Å². The average molecular weight is 615 g/mol. The summed E-state index contributed by atoms with van der Waals surface area (Å²) in [4.78, 5) is 27.1. The molecular weight excluding hydrogens is 582 g/mol. The monoisotopic (exact) mass is 614 g/mol. The maximum Gasteiger partial charge on any atom is 0.459 e. The smallest absolute Gasteiger partial charge is 0.459 e. The largest absolute Gasteiger partial charge is 0.465 e. The summed E-state index contributed by atoms with van der Waals surface area (Å²) in [6.07, 6.45) is -3.85. The van der Waals surface area contributed by atoms with Crippen molar-refractivity contribution in [3.63, 3.8) is 0 Å². The fourth-order valence-corrected chi connectivity index (χ4v) is 6.11. The van der Waals surface area contributed by atoms with Crippen LogP contribution in [-0.4, -0.2) is 87.7 Å². The lowest BCUT2D eigenvalue weighted by molar-refractivity contribution is -0.144. The first-order valence-corrected chi connectivity index (χ1v) is 14.9. The van der Waals surface area contributed by atoms with E-state index in [1.54, 1.807) is 51.0 Å². The lowest BCUT2D eigenvalue weighted by Crippen LogP contribution is -2.48. The van der Waals surface area contributed by atoms with Gasteiger partial charge in [0.15, 0.2) is 29.4 Å². The number of alkyl halides is 2. The predicted molar refractivity (Wildman–Crippen MR) is 149 cm³/mol. The molecule has 3 aromatic rings. The fourth-order valence-electron chi connectivity index (χ4n) is 4.27. The Morgan fingerprint density at radius 3 is 2.68 bits per heavy atom. The SMILES string of the molecule is CCOC(=O)[C@@H](C)NP(=O)(OC[C@@]1(CCl)O[C@@H](n2cnc3c(N(C)C)nc(C)nc32)[C@H](F)[C@@H]1O)Oc1ccccc1. The number of nitrogens with one attached hydrogen (secondary N) is 1. The number of benzene rings is 1. The summed E-state index contributed by atoms with van der Waals surface area (Å²) in [7, 11) is -0.764. The molecule has 1 saturated heterocycles. The number of nitrogens with zero attached hydrogens (tertiary/aromatic N) is 5. The molecule has 0 saturated carbocycles. The molecule has 6 atom stereocenters. The zero-order valence-corrected chi connectivity index (χ0v) is 24.9. The molecule has 0 amide bonds. The molecule has 1 aromatic carbocycles. The summed E-state index contributed by atoms with van der Waals surface area (Å²) >= 11 is 6.23. The highest BCUT2D eigenvalue weighted by Crippen LogP contribution is 2.49. The predicted octanol–water partition coefficient (Wildman–Crippen LogP) is 3.15. The maximum atomic E-state index is 15.7. The molecule has 0 radical (unpaired) electrons. The molecule has 4 rings (SSSR count). The molecule has 3 heterocycles. The van der Waals surface area contributed by atoms with E-state index in [2.05, 4.69) is 20.0 Å². The molecule has 0 bridgehead atoms. The van der Waals surface area contributed by atoms with E-state index in [-0.39, 0.29) is 18.0 Å². The standard InChI is InChI=1S/C25H33ClFN6O7P/c1-6-37-24(35)15(2)31-41(36,40-17-10-8-7-9-11-17)38-13-25(12-26)20(34)18(27)23(39-25)33-14-28-19-21(32(4)5)29-16(3)30-22(19)33/h7-11,14-15,18,20,23,34H,6,12-13H2,1-5H3,(H,31,36)/t15-,18-,20+,23-,25-,41?/m1/s1. The van der Waals surface area contributed by atoms with Crippen molar-refractivity contribution in [2.75, 3.05) is 38.1 Å². The van der Waals surface area contributed by atoms with Crippen molar-refractivity contribution in [1.82, 2.24) is 24.6 Å². The van der Waals surface area contributed by atoms with Crippen LogP contribution < -0.4 is 14.5 Å². The quantitative estimate of drug-likeness (QED) is 0.175. The number of esters is 1. The Morgan fingerprint density at radius 2 is 2.05 bits per heavy atom. The number of fused-ring (bicyclic) bond motifs is 1. The van der Waals surface area contributed by atoms with Gasteiger partial charge in [-0.3, -0.25) is 13.9 Å². The first kappa shape index (κ1) is 31.1. The third kappa shape index (κ3) is 6.47. The molecule has 2 aromatic heterocycles. The molecule has 41 heavy (non-hydrogen) atoms. The average Bonchev–Trinajstić information content (AvgIpc) is 3.46. The van der Waals surface area contributed by atoms with Crippen molar-refractivity contribution in [1.29, 1.82) is 0 Å². The van der Waals surface area contributed by atoms with Crippen LogP contribution in [0.1, 0.15) is 25.9 Å². The van der Waals surface area contributed by atoms with Crippen LogP contribution in [0.2, 0.25) is 0 Å². The van der Waals surface area contributed by atoms with Gasteiger partial charge in [0.25, 0.3) is 0 Å². The Balaban J connectivity index is 1.62. The number of hydrogen-bond donors (Lipinski definition) is 2. The van der Waals surface area contributed by atoms with Gasteiger partial charge in [0.1, 0.15) is 29.3 Å². The molecule has 16 heteroatoms. The highest BCUT2D eigenvalue weighted by atomic mass is 35.5. The van der Waals surface area contributed by atoms with Crippen molar-refractivity contribution in [2.24, 2.45) is 0 Å². The Labute approximate surface area is 241 Å². The van der Waals surface area contributed by atoms with E-state index >= 15 is 4.39 Å². The maximum absolute atomic E-state index is 15.7. The third-order valence-electron chi connectivity index (χ3n) is 6.35. The Morgan fingerprint density at radius 1 is 1.34 bits per heavy atom. The second-order valence-corrected chi connectivity index (χ2v) is 11.6. The molecular formula is C25H33ClFN6O7P. The van der Waals surface area contributed by atoms with E-state index in [1.807, 2.05) is 0 Å². The van der Waals surface area contributed by atoms with E-state index in [9.17, 15) is 14.5 Å². The van der Waals surface area contributed by atoms with Gasteiger partial charge < -0.3 is 24.0 Å². The summed E-state index contributed by atoms with van der Waals surface area (Å²) in [5.74, 6) is -0.0157. The third-order valence-corrected chi connectivity index (χ3v) is 8.42. The molecule has 1 fully saturated rings.